The Morgan fingerprint density at radius 2 is 1.96 bits per heavy atom. The zero-order valence-electron chi connectivity index (χ0n) is 14.1. The molecule has 2 heterocycles. The molecule has 0 unspecified atom stereocenters. The molecule has 0 saturated heterocycles. The molecule has 2 aromatic heterocycles. The van der Waals surface area contributed by atoms with Gasteiger partial charge >= 0.3 is 0 Å². The average Bonchev–Trinajstić information content (AvgIpc) is 3.04. The zero-order valence-corrected chi connectivity index (χ0v) is 15.6. The molecule has 1 N–H and O–H groups in total. The van der Waals surface area contributed by atoms with Crippen molar-refractivity contribution in [1.29, 1.82) is 0 Å². The second-order valence-corrected chi connectivity index (χ2v) is 6.59. The summed E-state index contributed by atoms with van der Waals surface area (Å²) in [5, 5.41) is 11.8. The van der Waals surface area contributed by atoms with Crippen molar-refractivity contribution in [3.8, 4) is 0 Å². The van der Waals surface area contributed by atoms with E-state index in [1.165, 1.54) is 21.6 Å². The molecule has 1 aromatic carbocycles. The van der Waals surface area contributed by atoms with Crippen molar-refractivity contribution in [1.82, 2.24) is 19.6 Å². The topological polar surface area (TPSA) is 64.7 Å². The summed E-state index contributed by atoms with van der Waals surface area (Å²) in [5.74, 6) is -0.461. The molecular formula is C17H16Cl2FN5O. The molecule has 0 aliphatic heterocycles. The number of benzene rings is 1. The third-order valence-corrected chi connectivity index (χ3v) is 4.68. The van der Waals surface area contributed by atoms with Gasteiger partial charge < -0.3 is 5.32 Å². The van der Waals surface area contributed by atoms with Crippen molar-refractivity contribution in [2.24, 2.45) is 0 Å². The zero-order chi connectivity index (χ0) is 18.8. The maximum absolute atomic E-state index is 13.7. The van der Waals surface area contributed by atoms with Gasteiger partial charge in [-0.2, -0.15) is 10.2 Å². The van der Waals surface area contributed by atoms with Gasteiger partial charge in [-0.1, -0.05) is 41.4 Å². The first-order chi connectivity index (χ1) is 12.3. The molecule has 0 spiro atoms. The second-order valence-electron chi connectivity index (χ2n) is 5.81. The Morgan fingerprint density at radius 1 is 1.23 bits per heavy atom. The van der Waals surface area contributed by atoms with E-state index in [4.69, 9.17) is 23.2 Å². The number of aromatic nitrogens is 4. The quantitative estimate of drug-likeness (QED) is 0.713. The average molecular weight is 396 g/mol. The lowest BCUT2D eigenvalue weighted by atomic mass is 10.2. The van der Waals surface area contributed by atoms with E-state index in [1.807, 2.05) is 0 Å². The van der Waals surface area contributed by atoms with E-state index >= 15 is 0 Å². The van der Waals surface area contributed by atoms with E-state index in [1.54, 1.807) is 32.0 Å². The summed E-state index contributed by atoms with van der Waals surface area (Å²) in [6, 6.07) is 6.40. The highest BCUT2D eigenvalue weighted by Crippen LogP contribution is 2.22. The fraction of sp³-hybridized carbons (Fsp3) is 0.235. The minimum atomic E-state index is -0.342. The lowest BCUT2D eigenvalue weighted by Gasteiger charge is -2.05. The Bertz CT molecular complexity index is 966. The van der Waals surface area contributed by atoms with Gasteiger partial charge in [0.25, 0.3) is 0 Å². The third kappa shape index (κ3) is 3.89. The normalized spacial score (nSPS) is 11.0. The van der Waals surface area contributed by atoms with E-state index in [9.17, 15) is 9.18 Å². The largest absolute Gasteiger partial charge is 0.306 e. The number of aryl methyl sites for hydroxylation is 1. The van der Waals surface area contributed by atoms with Crippen LogP contribution in [0.15, 0.2) is 30.5 Å². The van der Waals surface area contributed by atoms with Gasteiger partial charge in [0.05, 0.1) is 23.0 Å². The van der Waals surface area contributed by atoms with Crippen LogP contribution in [0.5, 0.6) is 0 Å². The van der Waals surface area contributed by atoms with Crippen LogP contribution in [0, 0.1) is 19.7 Å². The summed E-state index contributed by atoms with van der Waals surface area (Å²) in [5.41, 5.74) is 1.83. The molecule has 26 heavy (non-hydrogen) atoms. The molecule has 0 aliphatic carbocycles. The summed E-state index contributed by atoms with van der Waals surface area (Å²) in [7, 11) is 0. The lowest BCUT2D eigenvalue weighted by Crippen LogP contribution is -2.21. The molecule has 0 aliphatic rings. The molecule has 3 rings (SSSR count). The predicted octanol–water partition coefficient (Wildman–Crippen LogP) is 3.83. The van der Waals surface area contributed by atoms with Crippen LogP contribution in [-0.4, -0.2) is 25.5 Å². The maximum Gasteiger partial charge on any atom is 0.247 e. The lowest BCUT2D eigenvalue weighted by molar-refractivity contribution is -0.117. The van der Waals surface area contributed by atoms with Crippen LogP contribution in [-0.2, 0) is 17.9 Å². The molecule has 6 nitrogen and oxygen atoms in total. The van der Waals surface area contributed by atoms with Gasteiger partial charge in [-0.05, 0) is 19.9 Å². The molecule has 0 atom stereocenters. The number of carbonyl (C=O) groups is 1. The molecule has 0 fully saturated rings. The summed E-state index contributed by atoms with van der Waals surface area (Å²) in [6.45, 7) is 3.74. The van der Waals surface area contributed by atoms with Crippen molar-refractivity contribution in [2.45, 2.75) is 26.9 Å². The number of nitrogens with zero attached hydrogens (tertiary/aromatic N) is 4. The Hall–Kier alpha value is -2.38. The van der Waals surface area contributed by atoms with Gasteiger partial charge in [0, 0.05) is 11.8 Å². The number of anilines is 1. The van der Waals surface area contributed by atoms with E-state index in [0.717, 1.165) is 0 Å². The van der Waals surface area contributed by atoms with Crippen LogP contribution in [0.1, 0.15) is 17.0 Å². The van der Waals surface area contributed by atoms with Crippen LogP contribution >= 0.6 is 23.2 Å². The Balaban J connectivity index is 1.70. The predicted molar refractivity (Wildman–Crippen MR) is 98.1 cm³/mol. The number of hydrogen-bond donors (Lipinski definition) is 1. The summed E-state index contributed by atoms with van der Waals surface area (Å²) in [6.07, 6.45) is 1.53. The standard InChI is InChI=1S/C17H16Cl2FN5O/c1-10-16(19)11(2)25(22-10)9-15(26)21-17-13(18)8-24(23-17)7-12-5-3-4-6-14(12)20/h3-6,8H,7,9H2,1-2H3,(H,21,23,26). The van der Waals surface area contributed by atoms with Crippen molar-refractivity contribution >= 4 is 34.9 Å². The highest BCUT2D eigenvalue weighted by atomic mass is 35.5. The first-order valence-corrected chi connectivity index (χ1v) is 8.56. The molecule has 136 valence electrons. The number of carbonyl (C=O) groups excluding carboxylic acids is 1. The van der Waals surface area contributed by atoms with Gasteiger partial charge in [-0.15, -0.1) is 0 Å². The number of amides is 1. The molecule has 0 bridgehead atoms. The van der Waals surface area contributed by atoms with E-state index < -0.39 is 0 Å². The van der Waals surface area contributed by atoms with Crippen LogP contribution < -0.4 is 5.32 Å². The number of halogens is 3. The van der Waals surface area contributed by atoms with Crippen LogP contribution in [0.2, 0.25) is 10.0 Å². The number of hydrogen-bond acceptors (Lipinski definition) is 3. The molecule has 0 radical (unpaired) electrons. The summed E-state index contributed by atoms with van der Waals surface area (Å²) < 4.78 is 16.7. The molecule has 0 saturated carbocycles. The van der Waals surface area contributed by atoms with Crippen molar-refractivity contribution < 1.29 is 9.18 Å². The van der Waals surface area contributed by atoms with Gasteiger partial charge in [0.15, 0.2) is 5.82 Å². The van der Waals surface area contributed by atoms with Gasteiger partial charge in [0.1, 0.15) is 17.4 Å². The van der Waals surface area contributed by atoms with Crippen molar-refractivity contribution in [3.05, 3.63) is 63.3 Å². The smallest absolute Gasteiger partial charge is 0.247 e. The van der Waals surface area contributed by atoms with Gasteiger partial charge in [-0.3, -0.25) is 14.2 Å². The summed E-state index contributed by atoms with van der Waals surface area (Å²) in [4.78, 5) is 12.2. The minimum absolute atomic E-state index is 0.0180. The van der Waals surface area contributed by atoms with E-state index in [0.29, 0.717) is 22.0 Å². The maximum atomic E-state index is 13.7. The van der Waals surface area contributed by atoms with E-state index in [-0.39, 0.29) is 35.7 Å². The Morgan fingerprint density at radius 3 is 2.62 bits per heavy atom. The molecule has 9 heteroatoms. The van der Waals surface area contributed by atoms with Gasteiger partial charge in [0.2, 0.25) is 5.91 Å². The Kier molecular flexibility index (Phi) is 5.29. The first kappa shape index (κ1) is 18.4. The SMILES string of the molecule is Cc1nn(CC(=O)Nc2nn(Cc3ccccc3F)cc2Cl)c(C)c1Cl. The molecule has 1 amide bonds. The minimum Gasteiger partial charge on any atom is -0.306 e. The van der Waals surface area contributed by atoms with Crippen LogP contribution in [0.25, 0.3) is 0 Å². The van der Waals surface area contributed by atoms with Gasteiger partial charge in [-0.25, -0.2) is 4.39 Å². The number of nitrogens with one attached hydrogen (secondary N) is 1. The fourth-order valence-corrected chi connectivity index (χ4v) is 2.83. The molecular weight excluding hydrogens is 380 g/mol. The molecule has 3 aromatic rings. The number of rotatable bonds is 5. The first-order valence-electron chi connectivity index (χ1n) is 7.81. The second kappa shape index (κ2) is 7.47. The summed E-state index contributed by atoms with van der Waals surface area (Å²) >= 11 is 12.2. The van der Waals surface area contributed by atoms with Crippen molar-refractivity contribution in [3.63, 3.8) is 0 Å². The Labute approximate surface area is 159 Å². The van der Waals surface area contributed by atoms with Crippen LogP contribution in [0.4, 0.5) is 10.2 Å². The van der Waals surface area contributed by atoms with E-state index in [2.05, 4.69) is 15.5 Å². The monoisotopic (exact) mass is 395 g/mol. The highest BCUT2D eigenvalue weighted by molar-refractivity contribution is 6.33. The third-order valence-electron chi connectivity index (χ3n) is 3.85. The van der Waals surface area contributed by atoms with Crippen LogP contribution in [0.3, 0.4) is 0 Å². The highest BCUT2D eigenvalue weighted by Gasteiger charge is 2.15. The fourth-order valence-electron chi connectivity index (χ4n) is 2.50. The van der Waals surface area contributed by atoms with Crippen molar-refractivity contribution in [2.75, 3.05) is 5.32 Å².